The van der Waals surface area contributed by atoms with E-state index in [1.807, 2.05) is 0 Å². The highest BCUT2D eigenvalue weighted by Gasteiger charge is 2.25. The Kier molecular flexibility index (Phi) is 3.70. The maximum atomic E-state index is 2.49. The molecule has 0 N–H and O–H groups in total. The Morgan fingerprint density at radius 2 is 1.75 bits per heavy atom. The molecule has 0 amide bonds. The minimum atomic E-state index is 0. The highest BCUT2D eigenvalue weighted by molar-refractivity contribution is 5.85. The zero-order valence-electron chi connectivity index (χ0n) is 9.64. The Morgan fingerprint density at radius 1 is 1.12 bits per heavy atom. The molecule has 1 aliphatic carbocycles. The predicted octanol–water partition coefficient (Wildman–Crippen LogP) is 2.41. The van der Waals surface area contributed by atoms with Crippen molar-refractivity contribution in [2.45, 2.75) is 32.2 Å². The summed E-state index contributed by atoms with van der Waals surface area (Å²) in [4.78, 5) is 2.49. The van der Waals surface area contributed by atoms with E-state index in [2.05, 4.69) is 34.0 Å². The molecule has 1 aromatic rings. The number of aromatic nitrogens is 1. The minimum absolute atomic E-state index is 0. The number of pyridine rings is 1. The number of anilines is 1. The van der Waals surface area contributed by atoms with E-state index in [1.54, 1.807) is 0 Å². The molecule has 3 rings (SSSR count). The summed E-state index contributed by atoms with van der Waals surface area (Å²) < 4.78 is 2.33. The van der Waals surface area contributed by atoms with Gasteiger partial charge in [0.05, 0.1) is 0 Å². The van der Waals surface area contributed by atoms with Crippen LogP contribution in [0.2, 0.25) is 0 Å². The third-order valence-corrected chi connectivity index (χ3v) is 3.51. The molecule has 88 valence electrons. The molecule has 0 radical (unpaired) electrons. The van der Waals surface area contributed by atoms with Crippen LogP contribution in [-0.4, -0.2) is 13.1 Å². The molecule has 2 heterocycles. The van der Waals surface area contributed by atoms with Crippen molar-refractivity contribution < 1.29 is 4.57 Å². The second-order valence-electron chi connectivity index (χ2n) is 4.89. The van der Waals surface area contributed by atoms with E-state index in [0.29, 0.717) is 0 Å². The van der Waals surface area contributed by atoms with E-state index in [9.17, 15) is 0 Å². The summed E-state index contributed by atoms with van der Waals surface area (Å²) in [6, 6.07) is 4.54. The van der Waals surface area contributed by atoms with Crippen LogP contribution in [0.5, 0.6) is 0 Å². The fourth-order valence-corrected chi connectivity index (χ4v) is 2.36. The van der Waals surface area contributed by atoms with Crippen molar-refractivity contribution in [3.05, 3.63) is 24.5 Å². The van der Waals surface area contributed by atoms with Crippen molar-refractivity contribution in [1.82, 2.24) is 0 Å². The van der Waals surface area contributed by atoms with Gasteiger partial charge in [-0.2, -0.15) is 0 Å². The molecule has 2 aliphatic rings. The van der Waals surface area contributed by atoms with Gasteiger partial charge >= 0.3 is 0 Å². The van der Waals surface area contributed by atoms with E-state index in [-0.39, 0.29) is 12.4 Å². The normalized spacial score (nSPS) is 19.6. The summed E-state index contributed by atoms with van der Waals surface area (Å²) >= 11 is 0. The van der Waals surface area contributed by atoms with Gasteiger partial charge in [-0.3, -0.25) is 0 Å². The van der Waals surface area contributed by atoms with Crippen molar-refractivity contribution in [3.63, 3.8) is 0 Å². The molecule has 1 aliphatic heterocycles. The fraction of sp³-hybridized carbons (Fsp3) is 0.615. The first-order chi connectivity index (χ1) is 7.42. The number of rotatable bonds is 3. The Hall–Kier alpha value is -0.760. The van der Waals surface area contributed by atoms with Gasteiger partial charge in [-0.05, 0) is 25.7 Å². The van der Waals surface area contributed by atoms with Crippen LogP contribution in [0, 0.1) is 5.92 Å². The Balaban J connectivity index is 0.000000963. The number of nitrogens with zero attached hydrogens (tertiary/aromatic N) is 2. The molecular weight excluding hydrogens is 220 g/mol. The first-order valence-electron chi connectivity index (χ1n) is 6.16. The molecule has 2 nitrogen and oxygen atoms in total. The zero-order valence-corrected chi connectivity index (χ0v) is 10.5. The number of halogens is 1. The third-order valence-electron chi connectivity index (χ3n) is 3.51. The first kappa shape index (κ1) is 11.7. The molecule has 1 saturated carbocycles. The molecular formula is C13H20ClN2+. The summed E-state index contributed by atoms with van der Waals surface area (Å²) in [7, 11) is 0. The topological polar surface area (TPSA) is 7.12 Å². The summed E-state index contributed by atoms with van der Waals surface area (Å²) in [5.41, 5.74) is 1.40. The molecule has 1 aromatic heterocycles. The van der Waals surface area contributed by atoms with Crippen LogP contribution in [0.3, 0.4) is 0 Å². The number of hydrogen-bond acceptors (Lipinski definition) is 1. The van der Waals surface area contributed by atoms with Crippen LogP contribution in [0.15, 0.2) is 24.5 Å². The fourth-order valence-electron chi connectivity index (χ4n) is 2.36. The third kappa shape index (κ3) is 2.67. The first-order valence-corrected chi connectivity index (χ1v) is 6.16. The highest BCUT2D eigenvalue weighted by Crippen LogP contribution is 2.28. The Morgan fingerprint density at radius 3 is 2.31 bits per heavy atom. The lowest BCUT2D eigenvalue weighted by molar-refractivity contribution is -0.700. The SMILES string of the molecule is Cl.c1c[n+](CC2CC2)ccc1N1CCCC1. The predicted molar refractivity (Wildman–Crippen MR) is 68.1 cm³/mol. The van der Waals surface area contributed by atoms with Crippen LogP contribution in [0.25, 0.3) is 0 Å². The summed E-state index contributed by atoms with van der Waals surface area (Å²) in [5.74, 6) is 0.965. The van der Waals surface area contributed by atoms with E-state index < -0.39 is 0 Å². The zero-order chi connectivity index (χ0) is 10.1. The van der Waals surface area contributed by atoms with Crippen LogP contribution in [0.1, 0.15) is 25.7 Å². The van der Waals surface area contributed by atoms with E-state index in [4.69, 9.17) is 0 Å². The van der Waals surface area contributed by atoms with Gasteiger partial charge in [-0.25, -0.2) is 4.57 Å². The standard InChI is InChI=1S/C13H19N2.ClH/c1-2-8-15(7-1)13-5-9-14(10-6-13)11-12-3-4-12;/h5-6,9-10,12H,1-4,7-8,11H2;1H/q+1;. The van der Waals surface area contributed by atoms with Crippen LogP contribution < -0.4 is 9.47 Å². The quantitative estimate of drug-likeness (QED) is 0.735. The van der Waals surface area contributed by atoms with Gasteiger partial charge in [0.15, 0.2) is 18.9 Å². The van der Waals surface area contributed by atoms with Crippen molar-refractivity contribution >= 4 is 18.1 Å². The molecule has 0 bridgehead atoms. The summed E-state index contributed by atoms with van der Waals surface area (Å²) in [5, 5.41) is 0. The second kappa shape index (κ2) is 5.05. The van der Waals surface area contributed by atoms with Crippen molar-refractivity contribution in [2.24, 2.45) is 5.92 Å². The van der Waals surface area contributed by atoms with Crippen molar-refractivity contribution in [2.75, 3.05) is 18.0 Å². The van der Waals surface area contributed by atoms with Crippen LogP contribution >= 0.6 is 12.4 Å². The molecule has 0 unspecified atom stereocenters. The summed E-state index contributed by atoms with van der Waals surface area (Å²) in [6.45, 7) is 3.71. The Labute approximate surface area is 104 Å². The smallest absolute Gasteiger partial charge is 0.170 e. The molecule has 0 atom stereocenters. The molecule has 0 spiro atoms. The molecule has 3 heteroatoms. The van der Waals surface area contributed by atoms with Gasteiger partial charge in [0, 0.05) is 36.8 Å². The monoisotopic (exact) mass is 239 g/mol. The molecule has 16 heavy (non-hydrogen) atoms. The number of hydrogen-bond donors (Lipinski definition) is 0. The van der Waals surface area contributed by atoms with E-state index in [0.717, 1.165) is 5.92 Å². The largest absolute Gasteiger partial charge is 0.371 e. The average Bonchev–Trinajstić information content (AvgIpc) is 2.92. The second-order valence-corrected chi connectivity index (χ2v) is 4.89. The highest BCUT2D eigenvalue weighted by atomic mass is 35.5. The maximum Gasteiger partial charge on any atom is 0.170 e. The van der Waals surface area contributed by atoms with Gasteiger partial charge < -0.3 is 4.90 Å². The van der Waals surface area contributed by atoms with E-state index >= 15 is 0 Å². The van der Waals surface area contributed by atoms with Gasteiger partial charge in [0.25, 0.3) is 0 Å². The van der Waals surface area contributed by atoms with Crippen LogP contribution in [-0.2, 0) is 6.54 Å². The molecule has 1 saturated heterocycles. The lowest BCUT2D eigenvalue weighted by Crippen LogP contribution is -2.34. The average molecular weight is 240 g/mol. The van der Waals surface area contributed by atoms with Crippen LogP contribution in [0.4, 0.5) is 5.69 Å². The van der Waals surface area contributed by atoms with Crippen molar-refractivity contribution in [1.29, 1.82) is 0 Å². The van der Waals surface area contributed by atoms with E-state index in [1.165, 1.54) is 51.0 Å². The van der Waals surface area contributed by atoms with Gasteiger partial charge in [-0.1, -0.05) is 0 Å². The lowest BCUT2D eigenvalue weighted by Gasteiger charge is -2.16. The Bertz CT molecular complexity index is 326. The minimum Gasteiger partial charge on any atom is -0.371 e. The lowest BCUT2D eigenvalue weighted by atomic mass is 10.3. The summed E-state index contributed by atoms with van der Waals surface area (Å²) in [6.07, 6.45) is 10.1. The molecule has 2 fully saturated rings. The maximum absolute atomic E-state index is 2.49. The van der Waals surface area contributed by atoms with Gasteiger partial charge in [-0.15, -0.1) is 12.4 Å². The van der Waals surface area contributed by atoms with Gasteiger partial charge in [0.1, 0.15) is 0 Å². The van der Waals surface area contributed by atoms with Crippen molar-refractivity contribution in [3.8, 4) is 0 Å². The van der Waals surface area contributed by atoms with Gasteiger partial charge in [0.2, 0.25) is 0 Å². The molecule has 0 aromatic carbocycles.